The quantitative estimate of drug-likeness (QED) is 0.841. The van der Waals surface area contributed by atoms with E-state index in [2.05, 4.69) is 30.5 Å². The Morgan fingerprint density at radius 3 is 2.56 bits per heavy atom. The van der Waals surface area contributed by atoms with Crippen LogP contribution >= 0.6 is 11.6 Å². The molecule has 1 rings (SSSR count). The number of sulfonamides is 1. The third-order valence-electron chi connectivity index (χ3n) is 2.29. The molecule has 1 atom stereocenters. The lowest BCUT2D eigenvalue weighted by Crippen LogP contribution is -2.31. The number of rotatable bonds is 5. The molecule has 0 aliphatic rings. The molecule has 0 spiro atoms. The number of nitrogens with zero attached hydrogens (tertiary/aromatic N) is 2. The van der Waals surface area contributed by atoms with E-state index in [0.717, 1.165) is 6.42 Å². The lowest BCUT2D eigenvalue weighted by Gasteiger charge is -2.21. The zero-order valence-corrected chi connectivity index (χ0v) is 12.7. The molecule has 1 aromatic heterocycles. The maximum atomic E-state index is 11.9. The Kier molecular flexibility index (Phi) is 4.80. The molecule has 1 aromatic rings. The fourth-order valence-corrected chi connectivity index (χ4v) is 3.23. The van der Waals surface area contributed by atoms with Crippen LogP contribution in [0.15, 0.2) is 17.6 Å². The summed E-state index contributed by atoms with van der Waals surface area (Å²) in [7, 11) is -1.84. The van der Waals surface area contributed by atoms with Gasteiger partial charge in [-0.1, -0.05) is 20.8 Å². The van der Waals surface area contributed by atoms with E-state index in [1.54, 1.807) is 11.6 Å². The van der Waals surface area contributed by atoms with Crippen molar-refractivity contribution in [2.45, 2.75) is 37.6 Å². The van der Waals surface area contributed by atoms with E-state index < -0.39 is 10.0 Å². The lowest BCUT2D eigenvalue weighted by atomic mass is 9.90. The summed E-state index contributed by atoms with van der Waals surface area (Å²) in [5.41, 5.74) is 0.0723. The second-order valence-corrected chi connectivity index (χ2v) is 7.92. The van der Waals surface area contributed by atoms with E-state index in [4.69, 9.17) is 11.6 Å². The molecule has 0 aliphatic heterocycles. The maximum absolute atomic E-state index is 11.9. The fourth-order valence-electron chi connectivity index (χ4n) is 1.54. The van der Waals surface area contributed by atoms with E-state index in [1.165, 1.54) is 12.5 Å². The molecule has 7 heteroatoms. The van der Waals surface area contributed by atoms with Crippen LogP contribution in [0.2, 0.25) is 0 Å². The Morgan fingerprint density at radius 1 is 1.50 bits per heavy atom. The van der Waals surface area contributed by atoms with Gasteiger partial charge >= 0.3 is 0 Å². The minimum absolute atomic E-state index is 0.0182. The molecule has 1 N–H and O–H groups in total. The fraction of sp³-hybridized carbons (Fsp3) is 0.727. The van der Waals surface area contributed by atoms with Gasteiger partial charge in [-0.25, -0.2) is 18.1 Å². The van der Waals surface area contributed by atoms with Gasteiger partial charge in [-0.15, -0.1) is 11.6 Å². The predicted molar refractivity (Wildman–Crippen MR) is 72.1 cm³/mol. The first-order chi connectivity index (χ1) is 8.10. The number of halogens is 1. The van der Waals surface area contributed by atoms with Crippen LogP contribution in [-0.2, 0) is 17.1 Å². The third-order valence-corrected chi connectivity index (χ3v) is 3.90. The van der Waals surface area contributed by atoms with Crippen molar-refractivity contribution in [2.24, 2.45) is 12.5 Å². The minimum atomic E-state index is -3.56. The average Bonchev–Trinajstić information content (AvgIpc) is 2.60. The first kappa shape index (κ1) is 15.5. The van der Waals surface area contributed by atoms with Gasteiger partial charge in [0.15, 0.2) is 5.03 Å². The zero-order valence-electron chi connectivity index (χ0n) is 11.1. The topological polar surface area (TPSA) is 64.0 Å². The summed E-state index contributed by atoms with van der Waals surface area (Å²) in [6, 6.07) is 0. The smallest absolute Gasteiger partial charge is 0.259 e. The molecular formula is C11H20ClN3O2S. The number of hydrogen-bond acceptors (Lipinski definition) is 3. The summed E-state index contributed by atoms with van der Waals surface area (Å²) in [6.07, 6.45) is 3.64. The first-order valence-electron chi connectivity index (χ1n) is 5.72. The van der Waals surface area contributed by atoms with Gasteiger partial charge in [-0.3, -0.25) is 0 Å². The summed E-state index contributed by atoms with van der Waals surface area (Å²) in [5.74, 6) is 0. The van der Waals surface area contributed by atoms with Crippen molar-refractivity contribution in [3.05, 3.63) is 12.5 Å². The standard InChI is InChI=1S/C11H20ClN3O2S/c1-11(2,3)5-9(12)6-14-18(16,17)10-7-15(4)8-13-10/h7-9,14H,5-6H2,1-4H3. The Labute approximate surface area is 114 Å². The molecule has 18 heavy (non-hydrogen) atoms. The summed E-state index contributed by atoms with van der Waals surface area (Å²) in [4.78, 5) is 3.81. The number of aromatic nitrogens is 2. The molecule has 0 aromatic carbocycles. The molecule has 0 fully saturated rings. The van der Waals surface area contributed by atoms with Crippen LogP contribution in [0.3, 0.4) is 0 Å². The largest absolute Gasteiger partial charge is 0.339 e. The van der Waals surface area contributed by atoms with Gasteiger partial charge < -0.3 is 4.57 Å². The number of imidazole rings is 1. The molecule has 0 saturated carbocycles. The van der Waals surface area contributed by atoms with Gasteiger partial charge in [0, 0.05) is 25.2 Å². The molecule has 0 amide bonds. The van der Waals surface area contributed by atoms with Crippen molar-refractivity contribution < 1.29 is 8.42 Å². The van der Waals surface area contributed by atoms with E-state index in [-0.39, 0.29) is 22.4 Å². The SMILES string of the molecule is Cn1cnc(S(=O)(=O)NCC(Cl)CC(C)(C)C)c1. The van der Waals surface area contributed by atoms with Gasteiger partial charge in [0.1, 0.15) is 0 Å². The molecular weight excluding hydrogens is 274 g/mol. The monoisotopic (exact) mass is 293 g/mol. The zero-order chi connectivity index (χ0) is 14.0. The third kappa shape index (κ3) is 4.96. The molecule has 1 unspecified atom stereocenters. The highest BCUT2D eigenvalue weighted by Gasteiger charge is 2.21. The molecule has 0 radical (unpaired) electrons. The summed E-state index contributed by atoms with van der Waals surface area (Å²) in [6.45, 7) is 6.40. The van der Waals surface area contributed by atoms with Crippen LogP contribution < -0.4 is 4.72 Å². The summed E-state index contributed by atoms with van der Waals surface area (Å²) >= 11 is 6.11. The number of nitrogens with one attached hydrogen (secondary N) is 1. The van der Waals surface area contributed by atoms with E-state index >= 15 is 0 Å². The van der Waals surface area contributed by atoms with Gasteiger partial charge in [-0.2, -0.15) is 0 Å². The molecule has 0 saturated heterocycles. The van der Waals surface area contributed by atoms with Gasteiger partial charge in [0.05, 0.1) is 6.33 Å². The molecule has 1 heterocycles. The van der Waals surface area contributed by atoms with Crippen LogP contribution in [0, 0.1) is 5.41 Å². The van der Waals surface area contributed by atoms with Crippen molar-refractivity contribution in [2.75, 3.05) is 6.54 Å². The van der Waals surface area contributed by atoms with E-state index in [9.17, 15) is 8.42 Å². The second-order valence-electron chi connectivity index (χ2n) is 5.59. The van der Waals surface area contributed by atoms with Crippen LogP contribution in [0.5, 0.6) is 0 Å². The van der Waals surface area contributed by atoms with Crippen molar-refractivity contribution in [3.8, 4) is 0 Å². The van der Waals surface area contributed by atoms with Crippen LogP contribution in [0.4, 0.5) is 0 Å². The Bertz CT molecular complexity index is 491. The lowest BCUT2D eigenvalue weighted by molar-refractivity contribution is 0.369. The summed E-state index contributed by atoms with van der Waals surface area (Å²) < 4.78 is 27.8. The van der Waals surface area contributed by atoms with Crippen molar-refractivity contribution in [1.82, 2.24) is 14.3 Å². The minimum Gasteiger partial charge on any atom is -0.339 e. The van der Waals surface area contributed by atoms with Gasteiger partial charge in [0.2, 0.25) is 0 Å². The highest BCUT2D eigenvalue weighted by Crippen LogP contribution is 2.23. The van der Waals surface area contributed by atoms with Gasteiger partial charge in [0.25, 0.3) is 10.0 Å². The highest BCUT2D eigenvalue weighted by molar-refractivity contribution is 7.89. The molecule has 104 valence electrons. The van der Waals surface area contributed by atoms with E-state index in [1.807, 2.05) is 0 Å². The van der Waals surface area contributed by atoms with Crippen LogP contribution in [0.1, 0.15) is 27.2 Å². The number of alkyl halides is 1. The van der Waals surface area contributed by atoms with Crippen molar-refractivity contribution in [1.29, 1.82) is 0 Å². The molecule has 0 bridgehead atoms. The van der Waals surface area contributed by atoms with Crippen molar-refractivity contribution >= 4 is 21.6 Å². The second kappa shape index (κ2) is 5.59. The average molecular weight is 294 g/mol. The molecule has 5 nitrogen and oxygen atoms in total. The first-order valence-corrected chi connectivity index (χ1v) is 7.64. The van der Waals surface area contributed by atoms with Gasteiger partial charge in [-0.05, 0) is 11.8 Å². The summed E-state index contributed by atoms with van der Waals surface area (Å²) in [5, 5.41) is -0.215. The maximum Gasteiger partial charge on any atom is 0.259 e. The predicted octanol–water partition coefficient (Wildman–Crippen LogP) is 1.74. The van der Waals surface area contributed by atoms with Crippen LogP contribution in [-0.4, -0.2) is 29.9 Å². The number of aryl methyl sites for hydroxylation is 1. The molecule has 0 aliphatic carbocycles. The Hall–Kier alpha value is -0.590. The normalized spacial score (nSPS) is 14.7. The Balaban J connectivity index is 2.58. The van der Waals surface area contributed by atoms with E-state index in [0.29, 0.717) is 0 Å². The Morgan fingerprint density at radius 2 is 2.11 bits per heavy atom. The van der Waals surface area contributed by atoms with Crippen LogP contribution in [0.25, 0.3) is 0 Å². The highest BCUT2D eigenvalue weighted by atomic mass is 35.5. The number of hydrogen-bond donors (Lipinski definition) is 1. The van der Waals surface area contributed by atoms with Crippen molar-refractivity contribution in [3.63, 3.8) is 0 Å².